The molecule has 0 atom stereocenters. The van der Waals surface area contributed by atoms with Gasteiger partial charge in [0.2, 0.25) is 10.0 Å². The zero-order valence-corrected chi connectivity index (χ0v) is 13.2. The van der Waals surface area contributed by atoms with Crippen LogP contribution in [0.4, 0.5) is 0 Å². The quantitative estimate of drug-likeness (QED) is 0.846. The lowest BCUT2D eigenvalue weighted by Crippen LogP contribution is -2.30. The first-order chi connectivity index (χ1) is 9.33. The minimum absolute atomic E-state index is 0.145. The van der Waals surface area contributed by atoms with Crippen molar-refractivity contribution in [1.29, 1.82) is 0 Å². The van der Waals surface area contributed by atoms with Crippen LogP contribution in [0, 0.1) is 19.3 Å². The number of nitrogens with one attached hydrogen (secondary N) is 1. The van der Waals surface area contributed by atoms with Crippen molar-refractivity contribution < 1.29 is 13.5 Å². The summed E-state index contributed by atoms with van der Waals surface area (Å²) in [5.41, 5.74) is 2.46. The highest BCUT2D eigenvalue weighted by Crippen LogP contribution is 2.48. The second kappa shape index (κ2) is 5.47. The number of aryl methyl sites for hydroxylation is 2. The van der Waals surface area contributed by atoms with Gasteiger partial charge in [0.15, 0.2) is 0 Å². The summed E-state index contributed by atoms with van der Waals surface area (Å²) < 4.78 is 27.6. The average Bonchev–Trinajstić information content (AvgIpc) is 3.17. The molecule has 0 heterocycles. The zero-order chi connectivity index (χ0) is 15.0. The topological polar surface area (TPSA) is 66.4 Å². The third-order valence-electron chi connectivity index (χ3n) is 4.44. The zero-order valence-electron chi connectivity index (χ0n) is 12.4. The predicted molar refractivity (Wildman–Crippen MR) is 79.0 cm³/mol. The average molecular weight is 297 g/mol. The van der Waals surface area contributed by atoms with Crippen molar-refractivity contribution in [3.8, 4) is 0 Å². The fraction of sp³-hybridized carbons (Fsp3) is 0.600. The number of benzene rings is 1. The first-order valence-corrected chi connectivity index (χ1v) is 8.52. The number of hydrogen-bond donors (Lipinski definition) is 2. The Balaban J connectivity index is 2.25. The summed E-state index contributed by atoms with van der Waals surface area (Å²) in [5, 5.41) is 9.29. The lowest BCUT2D eigenvalue weighted by Gasteiger charge is -2.16. The maximum absolute atomic E-state index is 12.4. The maximum atomic E-state index is 12.4. The summed E-state index contributed by atoms with van der Waals surface area (Å²) >= 11 is 0. The second-order valence-electron chi connectivity index (χ2n) is 5.88. The Labute approximate surface area is 121 Å². The minimum Gasteiger partial charge on any atom is -0.392 e. The normalized spacial score (nSPS) is 17.2. The Bertz CT molecular complexity index is 604. The molecule has 0 saturated heterocycles. The molecule has 0 amide bonds. The van der Waals surface area contributed by atoms with Gasteiger partial charge in [-0.2, -0.15) is 0 Å². The van der Waals surface area contributed by atoms with E-state index in [-0.39, 0.29) is 16.9 Å². The van der Waals surface area contributed by atoms with Crippen LogP contribution in [0.3, 0.4) is 0 Å². The fourth-order valence-corrected chi connectivity index (χ4v) is 3.92. The number of aliphatic hydroxyl groups is 1. The van der Waals surface area contributed by atoms with Gasteiger partial charge in [0.05, 0.1) is 11.5 Å². The highest BCUT2D eigenvalue weighted by molar-refractivity contribution is 7.89. The summed E-state index contributed by atoms with van der Waals surface area (Å²) in [6, 6.07) is 3.39. The molecule has 1 aromatic rings. The molecular weight excluding hydrogens is 274 g/mol. The van der Waals surface area contributed by atoms with E-state index in [0.717, 1.165) is 24.8 Å². The number of sulfonamides is 1. The molecule has 0 radical (unpaired) electrons. The molecule has 4 nitrogen and oxygen atoms in total. The number of aliphatic hydroxyl groups excluding tert-OH is 1. The Kier molecular flexibility index (Phi) is 4.23. The first-order valence-electron chi connectivity index (χ1n) is 7.04. The van der Waals surface area contributed by atoms with Crippen LogP contribution in [-0.2, 0) is 16.6 Å². The van der Waals surface area contributed by atoms with Crippen molar-refractivity contribution >= 4 is 10.0 Å². The van der Waals surface area contributed by atoms with Crippen LogP contribution >= 0.6 is 0 Å². The molecule has 2 N–H and O–H groups in total. The molecule has 1 aliphatic carbocycles. The van der Waals surface area contributed by atoms with Gasteiger partial charge in [-0.15, -0.1) is 0 Å². The van der Waals surface area contributed by atoms with Crippen LogP contribution in [0.5, 0.6) is 0 Å². The van der Waals surface area contributed by atoms with Gasteiger partial charge in [0.1, 0.15) is 0 Å². The highest BCUT2D eigenvalue weighted by Gasteiger charge is 2.41. The molecular formula is C15H23NO3S. The molecule has 1 aliphatic rings. The van der Waals surface area contributed by atoms with Crippen LogP contribution in [-0.4, -0.2) is 20.1 Å². The van der Waals surface area contributed by atoms with Gasteiger partial charge in [0, 0.05) is 6.54 Å². The van der Waals surface area contributed by atoms with Crippen molar-refractivity contribution in [3.63, 3.8) is 0 Å². The summed E-state index contributed by atoms with van der Waals surface area (Å²) in [6.07, 6.45) is 3.20. The van der Waals surface area contributed by atoms with Gasteiger partial charge < -0.3 is 5.11 Å². The predicted octanol–water partition coefficient (Wildman–Crippen LogP) is 2.26. The standard InChI is InChI=1S/C15H23NO3S/c1-4-15(5-6-15)10-16-20(18,19)14-8-13(9-17)11(2)7-12(14)3/h7-8,16-17H,4-6,9-10H2,1-3H3. The van der Waals surface area contributed by atoms with Gasteiger partial charge >= 0.3 is 0 Å². The van der Waals surface area contributed by atoms with E-state index in [1.54, 1.807) is 13.0 Å². The van der Waals surface area contributed by atoms with Crippen molar-refractivity contribution in [3.05, 3.63) is 28.8 Å². The summed E-state index contributed by atoms with van der Waals surface area (Å²) in [7, 11) is -3.50. The number of hydrogen-bond acceptors (Lipinski definition) is 3. The van der Waals surface area contributed by atoms with Crippen molar-refractivity contribution in [1.82, 2.24) is 4.72 Å². The summed E-state index contributed by atoms with van der Waals surface area (Å²) in [6.45, 7) is 6.12. The molecule has 0 spiro atoms. The number of rotatable bonds is 6. The summed E-state index contributed by atoms with van der Waals surface area (Å²) in [4.78, 5) is 0.277. The van der Waals surface area contributed by atoms with Crippen LogP contribution in [0.1, 0.15) is 42.9 Å². The second-order valence-corrected chi connectivity index (χ2v) is 7.62. The molecule has 0 bridgehead atoms. The van der Waals surface area contributed by atoms with E-state index >= 15 is 0 Å². The SMILES string of the molecule is CCC1(CNS(=O)(=O)c2cc(CO)c(C)cc2C)CC1. The van der Waals surface area contributed by atoms with Crippen molar-refractivity contribution in [2.24, 2.45) is 5.41 Å². The van der Waals surface area contributed by atoms with E-state index in [4.69, 9.17) is 0 Å². The Hall–Kier alpha value is -0.910. The van der Waals surface area contributed by atoms with Crippen molar-refractivity contribution in [2.45, 2.75) is 51.5 Å². The molecule has 20 heavy (non-hydrogen) atoms. The molecule has 1 saturated carbocycles. The minimum atomic E-state index is -3.50. The van der Waals surface area contributed by atoms with E-state index in [0.29, 0.717) is 17.7 Å². The highest BCUT2D eigenvalue weighted by atomic mass is 32.2. The van der Waals surface area contributed by atoms with Crippen molar-refractivity contribution in [2.75, 3.05) is 6.54 Å². The maximum Gasteiger partial charge on any atom is 0.240 e. The van der Waals surface area contributed by atoms with Crippen LogP contribution < -0.4 is 4.72 Å². The molecule has 1 aromatic carbocycles. The molecule has 0 aromatic heterocycles. The largest absolute Gasteiger partial charge is 0.392 e. The van der Waals surface area contributed by atoms with Crippen LogP contribution in [0.25, 0.3) is 0 Å². The monoisotopic (exact) mass is 297 g/mol. The first kappa shape index (κ1) is 15.5. The van der Waals surface area contributed by atoms with Gasteiger partial charge in [-0.05, 0) is 61.3 Å². The summed E-state index contributed by atoms with van der Waals surface area (Å²) in [5.74, 6) is 0. The van der Waals surface area contributed by atoms with E-state index in [9.17, 15) is 13.5 Å². The van der Waals surface area contributed by atoms with E-state index in [2.05, 4.69) is 11.6 Å². The fourth-order valence-electron chi connectivity index (χ4n) is 2.49. The smallest absolute Gasteiger partial charge is 0.240 e. The van der Waals surface area contributed by atoms with Crippen LogP contribution in [0.15, 0.2) is 17.0 Å². The lowest BCUT2D eigenvalue weighted by atomic mass is 10.1. The molecule has 2 rings (SSSR count). The lowest BCUT2D eigenvalue weighted by molar-refractivity contribution is 0.280. The molecule has 5 heteroatoms. The van der Waals surface area contributed by atoms with E-state index < -0.39 is 10.0 Å². The molecule has 112 valence electrons. The Morgan fingerprint density at radius 1 is 1.25 bits per heavy atom. The molecule has 0 aliphatic heterocycles. The Morgan fingerprint density at radius 3 is 2.40 bits per heavy atom. The van der Waals surface area contributed by atoms with Crippen LogP contribution in [0.2, 0.25) is 0 Å². The van der Waals surface area contributed by atoms with Gasteiger partial charge in [-0.3, -0.25) is 0 Å². The van der Waals surface area contributed by atoms with E-state index in [1.807, 2.05) is 13.0 Å². The third-order valence-corrected chi connectivity index (χ3v) is 5.98. The van der Waals surface area contributed by atoms with Gasteiger partial charge in [-0.1, -0.05) is 13.0 Å². The molecule has 0 unspecified atom stereocenters. The van der Waals surface area contributed by atoms with Gasteiger partial charge in [-0.25, -0.2) is 13.1 Å². The third kappa shape index (κ3) is 3.05. The molecule has 1 fully saturated rings. The van der Waals surface area contributed by atoms with Gasteiger partial charge in [0.25, 0.3) is 0 Å². The Morgan fingerprint density at radius 2 is 1.90 bits per heavy atom. The van der Waals surface area contributed by atoms with E-state index in [1.165, 1.54) is 0 Å².